The Morgan fingerprint density at radius 1 is 1.15 bits per heavy atom. The van der Waals surface area contributed by atoms with Crippen LogP contribution in [0.25, 0.3) is 0 Å². The van der Waals surface area contributed by atoms with Crippen LogP contribution in [0.15, 0.2) is 36.7 Å². The van der Waals surface area contributed by atoms with Gasteiger partial charge in [-0.1, -0.05) is 26.0 Å². The molecule has 1 aromatic carbocycles. The molecule has 1 atom stereocenters. The zero-order valence-corrected chi connectivity index (χ0v) is 16.2. The van der Waals surface area contributed by atoms with Gasteiger partial charge in [-0.15, -0.1) is 0 Å². The number of halogens is 1. The zero-order chi connectivity index (χ0) is 18.5. The molecular formula is C21H31FN4. The number of hydrogen-bond acceptors (Lipinski definition) is 3. The van der Waals surface area contributed by atoms with Gasteiger partial charge in [0.15, 0.2) is 0 Å². The van der Waals surface area contributed by atoms with Gasteiger partial charge in [-0.2, -0.15) is 0 Å². The third-order valence-electron chi connectivity index (χ3n) is 5.48. The molecule has 0 N–H and O–H groups in total. The number of aromatic nitrogens is 2. The molecule has 1 aromatic heterocycles. The second-order valence-corrected chi connectivity index (χ2v) is 7.73. The van der Waals surface area contributed by atoms with E-state index in [0.717, 1.165) is 45.1 Å². The lowest BCUT2D eigenvalue weighted by molar-refractivity contribution is 0.131. The van der Waals surface area contributed by atoms with E-state index in [4.69, 9.17) is 0 Å². The predicted molar refractivity (Wildman–Crippen MR) is 103 cm³/mol. The normalized spacial score (nSPS) is 19.8. The summed E-state index contributed by atoms with van der Waals surface area (Å²) in [7, 11) is 0. The topological polar surface area (TPSA) is 24.3 Å². The Morgan fingerprint density at radius 3 is 2.58 bits per heavy atom. The minimum absolute atomic E-state index is 0.161. The van der Waals surface area contributed by atoms with E-state index >= 15 is 0 Å². The minimum Gasteiger partial charge on any atom is -0.334 e. The molecule has 142 valence electrons. The van der Waals surface area contributed by atoms with Crippen LogP contribution in [0.3, 0.4) is 0 Å². The van der Waals surface area contributed by atoms with Gasteiger partial charge in [-0.25, -0.2) is 9.37 Å². The van der Waals surface area contributed by atoms with Crippen molar-refractivity contribution in [3.63, 3.8) is 0 Å². The molecule has 0 unspecified atom stereocenters. The van der Waals surface area contributed by atoms with Crippen molar-refractivity contribution in [2.24, 2.45) is 5.92 Å². The summed E-state index contributed by atoms with van der Waals surface area (Å²) in [5.74, 6) is 1.51. The van der Waals surface area contributed by atoms with Crippen LogP contribution in [0, 0.1) is 18.7 Å². The van der Waals surface area contributed by atoms with Gasteiger partial charge >= 0.3 is 0 Å². The highest BCUT2D eigenvalue weighted by molar-refractivity contribution is 5.16. The van der Waals surface area contributed by atoms with Crippen molar-refractivity contribution in [3.8, 4) is 0 Å². The fourth-order valence-corrected chi connectivity index (χ4v) is 3.88. The summed E-state index contributed by atoms with van der Waals surface area (Å²) in [5.41, 5.74) is 1.19. The monoisotopic (exact) mass is 358 g/mol. The maximum Gasteiger partial charge on any atom is 0.123 e. The standard InChI is InChI=1S/C21H31FN4/c1-17(2)21-16-24(13-14-25-12-9-23-18(25)3)10-4-11-26(21)15-19-5-7-20(22)8-6-19/h5-9,12,17,21H,4,10-11,13-16H2,1-3H3/t21-/m0/s1. The van der Waals surface area contributed by atoms with Crippen LogP contribution in [0.1, 0.15) is 31.7 Å². The molecule has 0 bridgehead atoms. The molecular weight excluding hydrogens is 327 g/mol. The highest BCUT2D eigenvalue weighted by Gasteiger charge is 2.27. The third kappa shape index (κ3) is 4.92. The number of hydrogen-bond donors (Lipinski definition) is 0. The largest absolute Gasteiger partial charge is 0.334 e. The Balaban J connectivity index is 1.63. The molecule has 0 radical (unpaired) electrons. The molecule has 5 heteroatoms. The number of aryl methyl sites for hydroxylation is 1. The van der Waals surface area contributed by atoms with Crippen molar-refractivity contribution in [2.45, 2.75) is 46.3 Å². The van der Waals surface area contributed by atoms with Gasteiger partial charge in [-0.3, -0.25) is 9.80 Å². The van der Waals surface area contributed by atoms with E-state index in [2.05, 4.69) is 46.3 Å². The number of benzene rings is 1. The van der Waals surface area contributed by atoms with Gasteiger partial charge in [0.2, 0.25) is 0 Å². The summed E-state index contributed by atoms with van der Waals surface area (Å²) in [6, 6.07) is 7.48. The Bertz CT molecular complexity index is 680. The van der Waals surface area contributed by atoms with E-state index in [9.17, 15) is 4.39 Å². The molecule has 1 aliphatic heterocycles. The van der Waals surface area contributed by atoms with E-state index in [1.165, 1.54) is 12.0 Å². The van der Waals surface area contributed by atoms with Gasteiger partial charge in [0.05, 0.1) is 0 Å². The van der Waals surface area contributed by atoms with Crippen molar-refractivity contribution >= 4 is 0 Å². The first kappa shape index (κ1) is 19.1. The van der Waals surface area contributed by atoms with Crippen molar-refractivity contribution in [1.29, 1.82) is 0 Å². The SMILES string of the molecule is Cc1nccn1CCN1CCCN(Cc2ccc(F)cc2)[C@H](C(C)C)C1. The molecule has 1 aliphatic rings. The zero-order valence-electron chi connectivity index (χ0n) is 16.2. The number of imidazole rings is 1. The van der Waals surface area contributed by atoms with Gasteiger partial charge in [-0.05, 0) is 43.5 Å². The fourth-order valence-electron chi connectivity index (χ4n) is 3.88. The van der Waals surface area contributed by atoms with E-state index < -0.39 is 0 Å². The Hall–Kier alpha value is -1.72. The highest BCUT2D eigenvalue weighted by Crippen LogP contribution is 2.20. The first-order valence-corrected chi connectivity index (χ1v) is 9.71. The van der Waals surface area contributed by atoms with Crippen LogP contribution in [0.2, 0.25) is 0 Å². The molecule has 0 aliphatic carbocycles. The summed E-state index contributed by atoms with van der Waals surface area (Å²) in [6.45, 7) is 13.0. The molecule has 3 rings (SSSR count). The van der Waals surface area contributed by atoms with E-state index in [1.54, 1.807) is 12.1 Å². The van der Waals surface area contributed by atoms with Crippen LogP contribution in [0.5, 0.6) is 0 Å². The number of rotatable bonds is 6. The molecule has 2 heterocycles. The summed E-state index contributed by atoms with van der Waals surface area (Å²) in [4.78, 5) is 9.49. The van der Waals surface area contributed by atoms with Crippen molar-refractivity contribution in [1.82, 2.24) is 19.4 Å². The van der Waals surface area contributed by atoms with Crippen LogP contribution in [-0.4, -0.2) is 51.6 Å². The van der Waals surface area contributed by atoms with E-state index in [-0.39, 0.29) is 5.82 Å². The minimum atomic E-state index is -0.161. The molecule has 0 spiro atoms. The van der Waals surface area contributed by atoms with Crippen molar-refractivity contribution in [2.75, 3.05) is 26.2 Å². The van der Waals surface area contributed by atoms with Crippen LogP contribution in [-0.2, 0) is 13.1 Å². The quantitative estimate of drug-likeness (QED) is 0.789. The Kier molecular flexibility index (Phi) is 6.43. The second kappa shape index (κ2) is 8.78. The summed E-state index contributed by atoms with van der Waals surface area (Å²) >= 11 is 0. The van der Waals surface area contributed by atoms with Crippen LogP contribution < -0.4 is 0 Å². The maximum absolute atomic E-state index is 13.2. The van der Waals surface area contributed by atoms with Crippen LogP contribution in [0.4, 0.5) is 4.39 Å². The molecule has 0 saturated carbocycles. The average molecular weight is 359 g/mol. The molecule has 1 fully saturated rings. The summed E-state index contributed by atoms with van der Waals surface area (Å²) < 4.78 is 15.4. The van der Waals surface area contributed by atoms with Gasteiger partial charge in [0.25, 0.3) is 0 Å². The Labute approximate surface area is 156 Å². The van der Waals surface area contributed by atoms with Crippen LogP contribution >= 0.6 is 0 Å². The second-order valence-electron chi connectivity index (χ2n) is 7.73. The van der Waals surface area contributed by atoms with Gasteiger partial charge in [0.1, 0.15) is 11.6 Å². The third-order valence-corrected chi connectivity index (χ3v) is 5.48. The maximum atomic E-state index is 13.2. The lowest BCUT2D eigenvalue weighted by Crippen LogP contribution is -2.44. The molecule has 2 aromatic rings. The average Bonchev–Trinajstić information content (AvgIpc) is 2.91. The van der Waals surface area contributed by atoms with Gasteiger partial charge < -0.3 is 4.57 Å². The van der Waals surface area contributed by atoms with Crippen molar-refractivity contribution in [3.05, 3.63) is 53.9 Å². The fraction of sp³-hybridized carbons (Fsp3) is 0.571. The van der Waals surface area contributed by atoms with Gasteiger partial charge in [0, 0.05) is 51.2 Å². The molecule has 1 saturated heterocycles. The lowest BCUT2D eigenvalue weighted by Gasteiger charge is -2.34. The molecule has 26 heavy (non-hydrogen) atoms. The molecule has 0 amide bonds. The Morgan fingerprint density at radius 2 is 1.92 bits per heavy atom. The smallest absolute Gasteiger partial charge is 0.123 e. The number of nitrogens with zero attached hydrogens (tertiary/aromatic N) is 4. The summed E-state index contributed by atoms with van der Waals surface area (Å²) in [5, 5.41) is 0. The lowest BCUT2D eigenvalue weighted by atomic mass is 10.0. The van der Waals surface area contributed by atoms with E-state index in [0.29, 0.717) is 12.0 Å². The molecule has 4 nitrogen and oxygen atoms in total. The highest BCUT2D eigenvalue weighted by atomic mass is 19.1. The summed E-state index contributed by atoms with van der Waals surface area (Å²) in [6.07, 6.45) is 5.11. The van der Waals surface area contributed by atoms with Crippen molar-refractivity contribution < 1.29 is 4.39 Å². The first-order valence-electron chi connectivity index (χ1n) is 9.71. The van der Waals surface area contributed by atoms with E-state index in [1.807, 2.05) is 18.3 Å². The first-order chi connectivity index (χ1) is 12.5. The predicted octanol–water partition coefficient (Wildman–Crippen LogP) is 3.56.